The summed E-state index contributed by atoms with van der Waals surface area (Å²) in [6.07, 6.45) is 0.742. The minimum atomic E-state index is -1.02. The van der Waals surface area contributed by atoms with Gasteiger partial charge in [0.25, 0.3) is 11.8 Å². The molecule has 1 aromatic heterocycles. The van der Waals surface area contributed by atoms with Crippen LogP contribution in [-0.4, -0.2) is 28.4 Å². The minimum Gasteiger partial charge on any atom is -0.386 e. The first kappa shape index (κ1) is 25.2. The molecule has 1 aliphatic heterocycles. The van der Waals surface area contributed by atoms with Crippen molar-refractivity contribution >= 4 is 50.9 Å². The van der Waals surface area contributed by atoms with E-state index < -0.39 is 11.5 Å². The molecule has 7 heteroatoms. The van der Waals surface area contributed by atoms with E-state index in [0.717, 1.165) is 56.2 Å². The van der Waals surface area contributed by atoms with E-state index >= 15 is 0 Å². The van der Waals surface area contributed by atoms with E-state index in [-0.39, 0.29) is 5.91 Å². The van der Waals surface area contributed by atoms with Crippen LogP contribution in [0.3, 0.4) is 0 Å². The zero-order valence-electron chi connectivity index (χ0n) is 21.9. The number of fused-ring (bicyclic) bond motifs is 4. The van der Waals surface area contributed by atoms with Crippen LogP contribution in [0.15, 0.2) is 66.7 Å². The maximum atomic E-state index is 13.5. The summed E-state index contributed by atoms with van der Waals surface area (Å²) in [6.45, 7) is 6.06. The van der Waals surface area contributed by atoms with Gasteiger partial charge in [0.2, 0.25) is 0 Å². The molecule has 196 valence electrons. The summed E-state index contributed by atoms with van der Waals surface area (Å²) in [6, 6.07) is 20.8. The molecule has 6 rings (SSSR count). The number of hydrogen-bond acceptors (Lipinski definition) is 3. The Bertz CT molecular complexity index is 1830. The van der Waals surface area contributed by atoms with Crippen LogP contribution < -0.4 is 10.6 Å². The summed E-state index contributed by atoms with van der Waals surface area (Å²) in [7, 11) is 0. The highest BCUT2D eigenvalue weighted by molar-refractivity contribution is 6.31. The molecule has 0 saturated carbocycles. The van der Waals surface area contributed by atoms with Crippen molar-refractivity contribution in [2.24, 2.45) is 5.73 Å². The highest BCUT2D eigenvalue weighted by atomic mass is 35.5. The normalized spacial score (nSPS) is 13.8. The van der Waals surface area contributed by atoms with E-state index in [1.54, 1.807) is 26.0 Å². The van der Waals surface area contributed by atoms with Crippen molar-refractivity contribution in [2.75, 3.05) is 11.4 Å². The smallest absolute Gasteiger partial charge is 0.258 e. The summed E-state index contributed by atoms with van der Waals surface area (Å²) in [5, 5.41) is 12.9. The second-order valence-electron chi connectivity index (χ2n) is 10.7. The first-order chi connectivity index (χ1) is 18.5. The number of nitrogens with two attached hydrogens (primary N) is 1. The summed E-state index contributed by atoms with van der Waals surface area (Å²) in [4.78, 5) is 31.1. The van der Waals surface area contributed by atoms with E-state index in [0.29, 0.717) is 28.2 Å². The van der Waals surface area contributed by atoms with Crippen molar-refractivity contribution < 1.29 is 14.7 Å². The van der Waals surface area contributed by atoms with Gasteiger partial charge in [0.05, 0.1) is 16.7 Å². The second-order valence-corrected chi connectivity index (χ2v) is 11.1. The molecule has 0 radical (unpaired) electrons. The number of aromatic nitrogens is 1. The van der Waals surface area contributed by atoms with Gasteiger partial charge in [-0.05, 0) is 85.3 Å². The number of aliphatic hydroxyl groups is 1. The van der Waals surface area contributed by atoms with E-state index in [2.05, 4.69) is 4.98 Å². The molecule has 0 atom stereocenters. The van der Waals surface area contributed by atoms with Crippen molar-refractivity contribution in [3.63, 3.8) is 0 Å². The van der Waals surface area contributed by atoms with Gasteiger partial charge in [0.15, 0.2) is 0 Å². The van der Waals surface area contributed by atoms with Gasteiger partial charge in [-0.1, -0.05) is 48.0 Å². The van der Waals surface area contributed by atoms with Gasteiger partial charge in [-0.15, -0.1) is 0 Å². The zero-order chi connectivity index (χ0) is 27.6. The minimum absolute atomic E-state index is 0.0699. The Morgan fingerprint density at radius 1 is 1.03 bits per heavy atom. The van der Waals surface area contributed by atoms with Crippen molar-refractivity contribution in [2.45, 2.75) is 32.8 Å². The lowest BCUT2D eigenvalue weighted by Crippen LogP contribution is -2.38. The number of halogens is 1. The molecular formula is C32H28ClN3O3. The van der Waals surface area contributed by atoms with Gasteiger partial charge in [0.1, 0.15) is 0 Å². The number of H-pyrrole nitrogens is 1. The highest BCUT2D eigenvalue weighted by Crippen LogP contribution is 2.41. The largest absolute Gasteiger partial charge is 0.386 e. The van der Waals surface area contributed by atoms with Crippen LogP contribution >= 0.6 is 11.6 Å². The van der Waals surface area contributed by atoms with Crippen LogP contribution in [0.1, 0.15) is 51.3 Å². The number of hydrogen-bond donors (Lipinski definition) is 3. The summed E-state index contributed by atoms with van der Waals surface area (Å²) >= 11 is 6.21. The van der Waals surface area contributed by atoms with E-state index in [9.17, 15) is 14.7 Å². The van der Waals surface area contributed by atoms with Gasteiger partial charge in [-0.25, -0.2) is 0 Å². The number of nitrogens with one attached hydrogen (secondary N) is 1. The number of carbonyl (C=O) groups is 2. The van der Waals surface area contributed by atoms with Crippen LogP contribution in [-0.2, 0) is 12.0 Å². The number of aromatic amines is 1. The molecule has 0 fully saturated rings. The molecule has 4 N–H and O–H groups in total. The van der Waals surface area contributed by atoms with Gasteiger partial charge < -0.3 is 20.7 Å². The van der Waals surface area contributed by atoms with Crippen LogP contribution in [0.4, 0.5) is 5.69 Å². The number of primary amides is 1. The molecule has 4 aromatic carbocycles. The van der Waals surface area contributed by atoms with Gasteiger partial charge in [-0.3, -0.25) is 9.59 Å². The number of rotatable bonds is 4. The van der Waals surface area contributed by atoms with Gasteiger partial charge in [0, 0.05) is 39.1 Å². The molecule has 0 bridgehead atoms. The maximum absolute atomic E-state index is 13.5. The first-order valence-electron chi connectivity index (χ1n) is 12.9. The van der Waals surface area contributed by atoms with Crippen LogP contribution in [0.25, 0.3) is 32.9 Å². The molecule has 2 heterocycles. The van der Waals surface area contributed by atoms with Gasteiger partial charge in [-0.2, -0.15) is 0 Å². The van der Waals surface area contributed by atoms with Crippen molar-refractivity contribution in [3.8, 4) is 11.1 Å². The first-order valence-corrected chi connectivity index (χ1v) is 13.2. The Hall–Kier alpha value is -4.13. The molecule has 1 aliphatic rings. The van der Waals surface area contributed by atoms with Crippen LogP contribution in [0.2, 0.25) is 5.02 Å². The Balaban J connectivity index is 1.55. The fraction of sp³-hybridized carbons (Fsp3) is 0.188. The van der Waals surface area contributed by atoms with Crippen molar-refractivity contribution in [1.29, 1.82) is 0 Å². The predicted molar refractivity (Wildman–Crippen MR) is 157 cm³/mol. The second kappa shape index (κ2) is 8.97. The molecule has 0 aliphatic carbocycles. The average Bonchev–Trinajstić information content (AvgIpc) is 3.28. The SMILES string of the molecule is Cc1c(-c2ccc(C(N)=O)c3[nH]c4cc(C(C)(C)O)ccc4c23)cccc1N1CCc2ccc(Cl)cc2C1=O. The number of nitrogens with zero attached hydrogens (tertiary/aromatic N) is 1. The van der Waals surface area contributed by atoms with E-state index in [4.69, 9.17) is 17.3 Å². The van der Waals surface area contributed by atoms with Crippen molar-refractivity contribution in [3.05, 3.63) is 99.6 Å². The Morgan fingerprint density at radius 3 is 2.56 bits per heavy atom. The monoisotopic (exact) mass is 537 g/mol. The van der Waals surface area contributed by atoms with Crippen molar-refractivity contribution in [1.82, 2.24) is 4.98 Å². The molecule has 2 amide bonds. The number of carbonyl (C=O) groups excluding carboxylic acids is 2. The third-order valence-corrected chi connectivity index (χ3v) is 8.00. The summed E-state index contributed by atoms with van der Waals surface area (Å²) in [5.41, 5.74) is 12.6. The topological polar surface area (TPSA) is 99.4 Å². The van der Waals surface area contributed by atoms with Crippen LogP contribution in [0, 0.1) is 6.92 Å². The fourth-order valence-electron chi connectivity index (χ4n) is 5.71. The molecule has 0 saturated heterocycles. The standard InChI is InChI=1S/C32H28ClN3O3/c1-17-21(5-4-6-27(17)36-14-13-18-7-9-20(33)16-25(18)31(36)38)22-11-12-24(30(34)37)29-28(22)23-10-8-19(32(2,3)39)15-26(23)35-29/h4-12,15-16,35,39H,13-14H2,1-3H3,(H2,34,37). The summed E-state index contributed by atoms with van der Waals surface area (Å²) < 4.78 is 0. The predicted octanol–water partition coefficient (Wildman–Crippen LogP) is 6.48. The molecular weight excluding hydrogens is 510 g/mol. The third-order valence-electron chi connectivity index (χ3n) is 7.76. The maximum Gasteiger partial charge on any atom is 0.258 e. The fourth-order valence-corrected chi connectivity index (χ4v) is 5.88. The number of benzene rings is 4. The quantitative estimate of drug-likeness (QED) is 0.244. The zero-order valence-corrected chi connectivity index (χ0v) is 22.7. The molecule has 0 unspecified atom stereocenters. The Labute approximate surface area is 231 Å². The van der Waals surface area contributed by atoms with E-state index in [1.807, 2.05) is 66.4 Å². The third kappa shape index (κ3) is 4.08. The molecule has 6 nitrogen and oxygen atoms in total. The molecule has 0 spiro atoms. The van der Waals surface area contributed by atoms with E-state index in [1.165, 1.54) is 0 Å². The summed E-state index contributed by atoms with van der Waals surface area (Å²) in [5.74, 6) is -0.595. The lowest BCUT2D eigenvalue weighted by Gasteiger charge is -2.30. The lowest BCUT2D eigenvalue weighted by atomic mass is 9.91. The molecule has 5 aromatic rings. The van der Waals surface area contributed by atoms with Crippen LogP contribution in [0.5, 0.6) is 0 Å². The van der Waals surface area contributed by atoms with Gasteiger partial charge >= 0.3 is 0 Å². The Kier molecular flexibility index (Phi) is 5.79. The number of amides is 2. The Morgan fingerprint density at radius 2 is 1.82 bits per heavy atom. The number of anilines is 1. The molecule has 39 heavy (non-hydrogen) atoms. The lowest BCUT2D eigenvalue weighted by molar-refractivity contribution is 0.0787. The highest BCUT2D eigenvalue weighted by Gasteiger charge is 2.28. The average molecular weight is 538 g/mol.